The molecule has 0 radical (unpaired) electrons. The minimum Gasteiger partial charge on any atom is -0.494 e. The Labute approximate surface area is 127 Å². The van der Waals surface area contributed by atoms with Gasteiger partial charge in [-0.05, 0) is 44.9 Å². The van der Waals surface area contributed by atoms with Gasteiger partial charge in [-0.25, -0.2) is 0 Å². The van der Waals surface area contributed by atoms with Crippen LogP contribution in [0.4, 0.5) is 0 Å². The summed E-state index contributed by atoms with van der Waals surface area (Å²) in [5.41, 5.74) is 0. The standard InChI is InChI=1S/C17H27NO3/c1-3-15(2)18(13-11-17(19)20)12-7-8-14-21-16-9-5-4-6-10-16/h4-6,9-10,15H,3,7-8,11-14H2,1-2H3,(H,19,20). The lowest BCUT2D eigenvalue weighted by Crippen LogP contribution is -2.35. The van der Waals surface area contributed by atoms with Gasteiger partial charge in [0.15, 0.2) is 0 Å². The molecule has 0 saturated heterocycles. The predicted molar refractivity (Wildman–Crippen MR) is 84.7 cm³/mol. The van der Waals surface area contributed by atoms with Crippen LogP contribution in [0.2, 0.25) is 0 Å². The minimum atomic E-state index is -0.726. The topological polar surface area (TPSA) is 49.8 Å². The molecule has 0 aliphatic carbocycles. The van der Waals surface area contributed by atoms with E-state index in [1.165, 1.54) is 0 Å². The quantitative estimate of drug-likeness (QED) is 0.635. The Morgan fingerprint density at radius 1 is 1.24 bits per heavy atom. The molecule has 0 amide bonds. The molecule has 1 unspecified atom stereocenters. The molecule has 4 nitrogen and oxygen atoms in total. The zero-order chi connectivity index (χ0) is 15.5. The van der Waals surface area contributed by atoms with Gasteiger partial charge in [-0.1, -0.05) is 25.1 Å². The van der Waals surface area contributed by atoms with Crippen molar-refractivity contribution in [3.8, 4) is 5.75 Å². The summed E-state index contributed by atoms with van der Waals surface area (Å²) in [5.74, 6) is 0.179. The molecule has 1 aromatic rings. The summed E-state index contributed by atoms with van der Waals surface area (Å²) in [6.45, 7) is 6.56. The van der Waals surface area contributed by atoms with Gasteiger partial charge in [-0.15, -0.1) is 0 Å². The third kappa shape index (κ3) is 7.71. The number of hydrogen-bond donors (Lipinski definition) is 1. The number of rotatable bonds is 11. The SMILES string of the molecule is CCC(C)N(CCCCOc1ccccc1)CCC(=O)O. The van der Waals surface area contributed by atoms with Crippen LogP contribution in [0.1, 0.15) is 39.5 Å². The van der Waals surface area contributed by atoms with Crippen molar-refractivity contribution < 1.29 is 14.6 Å². The molecule has 0 spiro atoms. The molecule has 0 saturated carbocycles. The van der Waals surface area contributed by atoms with Gasteiger partial charge >= 0.3 is 5.97 Å². The number of carboxylic acids is 1. The molecule has 0 aromatic heterocycles. The monoisotopic (exact) mass is 293 g/mol. The zero-order valence-electron chi connectivity index (χ0n) is 13.1. The summed E-state index contributed by atoms with van der Waals surface area (Å²) in [6.07, 6.45) is 3.26. The van der Waals surface area contributed by atoms with E-state index in [-0.39, 0.29) is 6.42 Å². The van der Waals surface area contributed by atoms with Crippen molar-refractivity contribution in [3.63, 3.8) is 0 Å². The summed E-state index contributed by atoms with van der Waals surface area (Å²) >= 11 is 0. The van der Waals surface area contributed by atoms with E-state index in [1.54, 1.807) is 0 Å². The summed E-state index contributed by atoms with van der Waals surface area (Å²) < 4.78 is 5.66. The van der Waals surface area contributed by atoms with Gasteiger partial charge in [0, 0.05) is 12.6 Å². The highest BCUT2D eigenvalue weighted by molar-refractivity contribution is 5.66. The Bertz CT molecular complexity index is 394. The van der Waals surface area contributed by atoms with Crippen LogP contribution in [0.3, 0.4) is 0 Å². The van der Waals surface area contributed by atoms with E-state index in [1.807, 2.05) is 30.3 Å². The van der Waals surface area contributed by atoms with Crippen molar-refractivity contribution in [3.05, 3.63) is 30.3 Å². The molecule has 0 aliphatic rings. The fourth-order valence-corrected chi connectivity index (χ4v) is 2.17. The number of nitrogens with zero attached hydrogens (tertiary/aromatic N) is 1. The van der Waals surface area contributed by atoms with Crippen molar-refractivity contribution in [1.29, 1.82) is 0 Å². The molecular weight excluding hydrogens is 266 g/mol. The normalized spacial score (nSPS) is 12.3. The lowest BCUT2D eigenvalue weighted by atomic mass is 10.2. The summed E-state index contributed by atoms with van der Waals surface area (Å²) in [4.78, 5) is 13.0. The molecule has 21 heavy (non-hydrogen) atoms. The van der Waals surface area contributed by atoms with E-state index in [9.17, 15) is 4.79 Å². The molecule has 1 N–H and O–H groups in total. The maximum Gasteiger partial charge on any atom is 0.304 e. The van der Waals surface area contributed by atoms with Crippen LogP contribution in [-0.4, -0.2) is 41.7 Å². The number of unbranched alkanes of at least 4 members (excludes halogenated alkanes) is 1. The van der Waals surface area contributed by atoms with Crippen LogP contribution in [0, 0.1) is 0 Å². The van der Waals surface area contributed by atoms with E-state index in [0.717, 1.165) is 31.6 Å². The smallest absolute Gasteiger partial charge is 0.304 e. The highest BCUT2D eigenvalue weighted by Crippen LogP contribution is 2.10. The Balaban J connectivity index is 2.21. The first-order chi connectivity index (χ1) is 10.1. The van der Waals surface area contributed by atoms with Crippen molar-refractivity contribution in [2.75, 3.05) is 19.7 Å². The molecule has 0 heterocycles. The molecule has 0 aliphatic heterocycles. The van der Waals surface area contributed by atoms with Gasteiger partial charge in [0.05, 0.1) is 13.0 Å². The number of aliphatic carboxylic acids is 1. The third-order valence-corrected chi connectivity index (χ3v) is 3.68. The number of benzene rings is 1. The molecule has 1 rings (SSSR count). The van der Waals surface area contributed by atoms with Gasteiger partial charge < -0.3 is 14.7 Å². The number of hydrogen-bond acceptors (Lipinski definition) is 3. The molecule has 118 valence electrons. The third-order valence-electron chi connectivity index (χ3n) is 3.68. The van der Waals surface area contributed by atoms with Crippen LogP contribution in [0.25, 0.3) is 0 Å². The van der Waals surface area contributed by atoms with Gasteiger partial charge in [0.1, 0.15) is 5.75 Å². The molecular formula is C17H27NO3. The second kappa shape index (κ2) is 10.2. The van der Waals surface area contributed by atoms with Gasteiger partial charge in [-0.2, -0.15) is 0 Å². The average molecular weight is 293 g/mol. The maximum absolute atomic E-state index is 10.7. The lowest BCUT2D eigenvalue weighted by Gasteiger charge is -2.27. The molecule has 1 aromatic carbocycles. The van der Waals surface area contributed by atoms with E-state index >= 15 is 0 Å². The Morgan fingerprint density at radius 3 is 2.57 bits per heavy atom. The first-order valence-electron chi connectivity index (χ1n) is 7.77. The predicted octanol–water partition coefficient (Wildman–Crippen LogP) is 3.42. The number of ether oxygens (including phenoxy) is 1. The van der Waals surface area contributed by atoms with Gasteiger partial charge in [0.25, 0.3) is 0 Å². The van der Waals surface area contributed by atoms with Crippen molar-refractivity contribution in [1.82, 2.24) is 4.90 Å². The largest absolute Gasteiger partial charge is 0.494 e. The highest BCUT2D eigenvalue weighted by Gasteiger charge is 2.12. The van der Waals surface area contributed by atoms with E-state index < -0.39 is 5.97 Å². The molecule has 0 bridgehead atoms. The van der Waals surface area contributed by atoms with E-state index in [2.05, 4.69) is 18.7 Å². The number of para-hydroxylation sites is 1. The second-order valence-corrected chi connectivity index (χ2v) is 5.31. The fourth-order valence-electron chi connectivity index (χ4n) is 2.17. The van der Waals surface area contributed by atoms with Crippen LogP contribution in [0.15, 0.2) is 30.3 Å². The Morgan fingerprint density at radius 2 is 1.95 bits per heavy atom. The molecule has 0 fully saturated rings. The average Bonchev–Trinajstić information content (AvgIpc) is 2.50. The van der Waals surface area contributed by atoms with E-state index in [0.29, 0.717) is 19.2 Å². The Kier molecular flexibility index (Phi) is 8.51. The second-order valence-electron chi connectivity index (χ2n) is 5.31. The van der Waals surface area contributed by atoms with Crippen LogP contribution >= 0.6 is 0 Å². The van der Waals surface area contributed by atoms with Crippen LogP contribution in [-0.2, 0) is 4.79 Å². The summed E-state index contributed by atoms with van der Waals surface area (Å²) in [7, 11) is 0. The fraction of sp³-hybridized carbons (Fsp3) is 0.588. The zero-order valence-corrected chi connectivity index (χ0v) is 13.1. The highest BCUT2D eigenvalue weighted by atomic mass is 16.5. The lowest BCUT2D eigenvalue weighted by molar-refractivity contribution is -0.137. The first kappa shape index (κ1) is 17.5. The molecule has 4 heteroatoms. The minimum absolute atomic E-state index is 0.213. The number of carboxylic acid groups (broad SMARTS) is 1. The summed E-state index contributed by atoms with van der Waals surface area (Å²) in [5, 5.41) is 8.81. The van der Waals surface area contributed by atoms with Crippen LogP contribution in [0.5, 0.6) is 5.75 Å². The van der Waals surface area contributed by atoms with E-state index in [4.69, 9.17) is 9.84 Å². The Hall–Kier alpha value is -1.55. The maximum atomic E-state index is 10.7. The van der Waals surface area contributed by atoms with Crippen LogP contribution < -0.4 is 4.74 Å². The van der Waals surface area contributed by atoms with Gasteiger partial charge in [0.2, 0.25) is 0 Å². The summed E-state index contributed by atoms with van der Waals surface area (Å²) in [6, 6.07) is 10.2. The van der Waals surface area contributed by atoms with Crippen molar-refractivity contribution in [2.45, 2.75) is 45.6 Å². The first-order valence-corrected chi connectivity index (χ1v) is 7.77. The van der Waals surface area contributed by atoms with Crippen molar-refractivity contribution >= 4 is 5.97 Å². The van der Waals surface area contributed by atoms with Gasteiger partial charge in [-0.3, -0.25) is 4.79 Å². The van der Waals surface area contributed by atoms with Crippen molar-refractivity contribution in [2.24, 2.45) is 0 Å². The molecule has 1 atom stereocenters. The number of carbonyl (C=O) groups is 1.